The van der Waals surface area contributed by atoms with Crippen LogP contribution in [0.25, 0.3) is 0 Å². The molecule has 1 unspecified atom stereocenters. The molecule has 1 heteroatoms. The van der Waals surface area contributed by atoms with Crippen molar-refractivity contribution < 1.29 is 5.11 Å². The molecular formula is C8H12O. The lowest BCUT2D eigenvalue weighted by atomic mass is 10.3. The molecule has 0 aromatic carbocycles. The molecule has 50 valence electrons. The summed E-state index contributed by atoms with van der Waals surface area (Å²) in [4.78, 5) is 0. The number of hydrogen-bond acceptors (Lipinski definition) is 1. The highest BCUT2D eigenvalue weighted by Gasteiger charge is 1.79. The van der Waals surface area contributed by atoms with Gasteiger partial charge in [-0.3, -0.25) is 0 Å². The van der Waals surface area contributed by atoms with E-state index in [2.05, 4.69) is 11.8 Å². The Balaban J connectivity index is 3.76. The largest absolute Gasteiger partial charge is 0.381 e. The second-order valence-electron chi connectivity index (χ2n) is 2.19. The number of rotatable bonds is 0. The average molecular weight is 124 g/mol. The zero-order valence-corrected chi connectivity index (χ0v) is 6.10. The molecule has 1 N–H and O–H groups in total. The Labute approximate surface area is 56.4 Å². The molecule has 0 amide bonds. The fraction of sp³-hybridized carbons (Fsp3) is 0.500. The molecule has 0 aromatic heterocycles. The Bertz CT molecular complexity index is 151. The Morgan fingerprint density at radius 3 is 2.44 bits per heavy atom. The first-order valence-electron chi connectivity index (χ1n) is 2.95. The van der Waals surface area contributed by atoms with E-state index in [0.717, 1.165) is 5.57 Å². The third-order valence-corrected chi connectivity index (χ3v) is 0.653. The molecule has 0 saturated carbocycles. The van der Waals surface area contributed by atoms with Crippen molar-refractivity contribution in [1.82, 2.24) is 0 Å². The van der Waals surface area contributed by atoms with Crippen molar-refractivity contribution in [2.75, 3.05) is 0 Å². The quantitative estimate of drug-likeness (QED) is 0.483. The lowest BCUT2D eigenvalue weighted by Crippen LogP contribution is -1.91. The molecular weight excluding hydrogens is 112 g/mol. The summed E-state index contributed by atoms with van der Waals surface area (Å²) < 4.78 is 0. The zero-order valence-electron chi connectivity index (χ0n) is 6.10. The molecule has 9 heavy (non-hydrogen) atoms. The summed E-state index contributed by atoms with van der Waals surface area (Å²) in [6.07, 6.45) is 1.27. The molecule has 0 aliphatic rings. The van der Waals surface area contributed by atoms with Gasteiger partial charge in [-0.2, -0.15) is 0 Å². The predicted octanol–water partition coefficient (Wildman–Crippen LogP) is 1.34. The minimum atomic E-state index is -0.513. The number of aliphatic hydroxyl groups is 1. The predicted molar refractivity (Wildman–Crippen MR) is 38.9 cm³/mol. The highest BCUT2D eigenvalue weighted by Crippen LogP contribution is 1.84. The van der Waals surface area contributed by atoms with Gasteiger partial charge in [0.1, 0.15) is 6.10 Å². The number of hydrogen-bond donors (Lipinski definition) is 1. The van der Waals surface area contributed by atoms with Crippen molar-refractivity contribution in [3.8, 4) is 11.8 Å². The van der Waals surface area contributed by atoms with Gasteiger partial charge in [0.25, 0.3) is 0 Å². The summed E-state index contributed by atoms with van der Waals surface area (Å²) >= 11 is 0. The molecule has 0 aliphatic carbocycles. The van der Waals surface area contributed by atoms with Crippen LogP contribution < -0.4 is 0 Å². The van der Waals surface area contributed by atoms with Crippen LogP contribution in [-0.4, -0.2) is 11.2 Å². The zero-order chi connectivity index (χ0) is 7.28. The van der Waals surface area contributed by atoms with E-state index in [1.54, 1.807) is 13.0 Å². The molecule has 0 aliphatic heterocycles. The first kappa shape index (κ1) is 8.26. The minimum absolute atomic E-state index is 0.513. The normalized spacial score (nSPS) is 11.1. The van der Waals surface area contributed by atoms with E-state index in [1.165, 1.54) is 0 Å². The maximum atomic E-state index is 8.66. The monoisotopic (exact) mass is 124 g/mol. The highest BCUT2D eigenvalue weighted by atomic mass is 16.3. The van der Waals surface area contributed by atoms with E-state index in [1.807, 2.05) is 13.8 Å². The third kappa shape index (κ3) is 7.26. The molecule has 0 fully saturated rings. The van der Waals surface area contributed by atoms with Crippen LogP contribution in [-0.2, 0) is 0 Å². The van der Waals surface area contributed by atoms with Gasteiger partial charge in [-0.05, 0) is 26.8 Å². The van der Waals surface area contributed by atoms with E-state index in [9.17, 15) is 0 Å². The van der Waals surface area contributed by atoms with Gasteiger partial charge in [-0.25, -0.2) is 0 Å². The fourth-order valence-corrected chi connectivity index (χ4v) is 0.307. The van der Waals surface area contributed by atoms with Gasteiger partial charge in [0.2, 0.25) is 0 Å². The lowest BCUT2D eigenvalue weighted by molar-refractivity contribution is 0.253. The Hall–Kier alpha value is -0.740. The summed E-state index contributed by atoms with van der Waals surface area (Å²) in [5.41, 5.74) is 1.16. The topological polar surface area (TPSA) is 20.2 Å². The summed E-state index contributed by atoms with van der Waals surface area (Å²) in [5.74, 6) is 5.33. The van der Waals surface area contributed by atoms with Gasteiger partial charge in [-0.1, -0.05) is 17.4 Å². The first-order chi connectivity index (χ1) is 4.13. The van der Waals surface area contributed by atoms with Crippen LogP contribution in [0.3, 0.4) is 0 Å². The van der Waals surface area contributed by atoms with Gasteiger partial charge < -0.3 is 5.11 Å². The first-order valence-corrected chi connectivity index (χ1v) is 2.95. The molecule has 0 bridgehead atoms. The molecule has 1 atom stereocenters. The summed E-state index contributed by atoms with van der Waals surface area (Å²) in [6.45, 7) is 5.58. The second kappa shape index (κ2) is 4.17. The molecule has 1 nitrogen and oxygen atoms in total. The van der Waals surface area contributed by atoms with Gasteiger partial charge in [-0.15, -0.1) is 0 Å². The van der Waals surface area contributed by atoms with E-state index in [0.29, 0.717) is 0 Å². The highest BCUT2D eigenvalue weighted by molar-refractivity contribution is 5.20. The number of aliphatic hydroxyl groups excluding tert-OH is 1. The van der Waals surface area contributed by atoms with Crippen molar-refractivity contribution in [1.29, 1.82) is 0 Å². The smallest absolute Gasteiger partial charge is 0.112 e. The van der Waals surface area contributed by atoms with Crippen molar-refractivity contribution >= 4 is 0 Å². The van der Waals surface area contributed by atoms with Crippen molar-refractivity contribution in [2.45, 2.75) is 26.9 Å². The van der Waals surface area contributed by atoms with E-state index in [4.69, 9.17) is 5.11 Å². The summed E-state index contributed by atoms with van der Waals surface area (Å²) in [7, 11) is 0. The van der Waals surface area contributed by atoms with Crippen LogP contribution in [0.5, 0.6) is 0 Å². The lowest BCUT2D eigenvalue weighted by Gasteiger charge is -1.84. The van der Waals surface area contributed by atoms with Gasteiger partial charge in [0.15, 0.2) is 0 Å². The number of allylic oxidation sites excluding steroid dienone is 2. The maximum Gasteiger partial charge on any atom is 0.112 e. The Morgan fingerprint density at radius 1 is 1.56 bits per heavy atom. The van der Waals surface area contributed by atoms with Crippen molar-refractivity contribution in [3.05, 3.63) is 11.6 Å². The standard InChI is InChI=1S/C8H12O/c1-7(2)5-4-6-8(3)9/h5,8-9H,1-3H3. The second-order valence-corrected chi connectivity index (χ2v) is 2.19. The summed E-state index contributed by atoms with van der Waals surface area (Å²) in [5, 5.41) is 8.66. The van der Waals surface area contributed by atoms with E-state index in [-0.39, 0.29) is 0 Å². The maximum absolute atomic E-state index is 8.66. The van der Waals surface area contributed by atoms with E-state index >= 15 is 0 Å². The van der Waals surface area contributed by atoms with Gasteiger partial charge in [0.05, 0.1) is 0 Å². The molecule has 0 radical (unpaired) electrons. The Morgan fingerprint density at radius 2 is 2.11 bits per heavy atom. The molecule has 0 rings (SSSR count). The van der Waals surface area contributed by atoms with Gasteiger partial charge in [0, 0.05) is 0 Å². The average Bonchev–Trinajstić information content (AvgIpc) is 1.63. The molecule has 0 spiro atoms. The third-order valence-electron chi connectivity index (χ3n) is 0.653. The van der Waals surface area contributed by atoms with Crippen LogP contribution in [0.4, 0.5) is 0 Å². The van der Waals surface area contributed by atoms with Gasteiger partial charge >= 0.3 is 0 Å². The summed E-state index contributed by atoms with van der Waals surface area (Å²) in [6, 6.07) is 0. The van der Waals surface area contributed by atoms with Crippen LogP contribution in [0, 0.1) is 11.8 Å². The minimum Gasteiger partial charge on any atom is -0.381 e. The Kier molecular flexibility index (Phi) is 3.83. The van der Waals surface area contributed by atoms with Crippen LogP contribution in [0.15, 0.2) is 11.6 Å². The fourth-order valence-electron chi connectivity index (χ4n) is 0.307. The van der Waals surface area contributed by atoms with Crippen molar-refractivity contribution in [2.24, 2.45) is 0 Å². The SMILES string of the molecule is CC(C)=CC#CC(C)O. The molecule has 0 saturated heterocycles. The van der Waals surface area contributed by atoms with Crippen LogP contribution in [0.1, 0.15) is 20.8 Å². The van der Waals surface area contributed by atoms with E-state index < -0.39 is 6.10 Å². The molecule has 0 aromatic rings. The molecule has 0 heterocycles. The van der Waals surface area contributed by atoms with Crippen LogP contribution in [0.2, 0.25) is 0 Å². The van der Waals surface area contributed by atoms with Crippen molar-refractivity contribution in [3.63, 3.8) is 0 Å². The van der Waals surface area contributed by atoms with Crippen LogP contribution >= 0.6 is 0 Å².